The first-order valence-electron chi connectivity index (χ1n) is 6.46. The lowest BCUT2D eigenvalue weighted by atomic mass is 10.0. The summed E-state index contributed by atoms with van der Waals surface area (Å²) in [6.07, 6.45) is 15.0. The minimum Gasteiger partial charge on any atom is -0.368 e. The largest absolute Gasteiger partial charge is 0.368 e. The van der Waals surface area contributed by atoms with Gasteiger partial charge in [0.25, 0.3) is 0 Å². The summed E-state index contributed by atoms with van der Waals surface area (Å²) < 4.78 is 5.43. The number of allylic oxidation sites excluding steroid dienone is 3. The summed E-state index contributed by atoms with van der Waals surface area (Å²) >= 11 is 0. The Morgan fingerprint density at radius 2 is 1.81 bits per heavy atom. The van der Waals surface area contributed by atoms with Gasteiger partial charge in [-0.3, -0.25) is 0 Å². The Morgan fingerprint density at radius 3 is 2.69 bits per heavy atom. The van der Waals surface area contributed by atoms with E-state index >= 15 is 0 Å². The molecule has 1 saturated carbocycles. The molecule has 2 aliphatic rings. The maximum atomic E-state index is 9.88. The third kappa shape index (κ3) is 3.46. The maximum Gasteiger partial charge on any atom is 0.157 e. The lowest BCUT2D eigenvalue weighted by molar-refractivity contribution is -0.124. The first-order chi connectivity index (χ1) is 7.86. The molecule has 0 radical (unpaired) electrons. The van der Waals surface area contributed by atoms with Gasteiger partial charge in [0.05, 0.1) is 6.61 Å². The highest BCUT2D eigenvalue weighted by Gasteiger charge is 2.29. The zero-order valence-electron chi connectivity index (χ0n) is 9.85. The Hall–Kier alpha value is -0.600. The van der Waals surface area contributed by atoms with E-state index in [0.717, 1.165) is 31.6 Å². The molecule has 3 unspecified atom stereocenters. The highest BCUT2D eigenvalue weighted by Crippen LogP contribution is 2.35. The van der Waals surface area contributed by atoms with Crippen molar-refractivity contribution in [2.24, 2.45) is 11.8 Å². The Labute approximate surface area is 98.0 Å². The molecule has 0 aromatic heterocycles. The van der Waals surface area contributed by atoms with Crippen LogP contribution in [0.25, 0.3) is 0 Å². The first-order valence-corrected chi connectivity index (χ1v) is 6.46. The molecule has 90 valence electrons. The van der Waals surface area contributed by atoms with Crippen molar-refractivity contribution in [2.45, 2.75) is 44.8 Å². The van der Waals surface area contributed by atoms with E-state index < -0.39 is 6.29 Å². The summed E-state index contributed by atoms with van der Waals surface area (Å²) in [6.45, 7) is 0.548. The molecule has 2 nitrogen and oxygen atoms in total. The molecule has 3 atom stereocenters. The van der Waals surface area contributed by atoms with Crippen LogP contribution in [0.2, 0.25) is 0 Å². The lowest BCUT2D eigenvalue weighted by Crippen LogP contribution is -2.21. The van der Waals surface area contributed by atoms with Crippen LogP contribution in [0.15, 0.2) is 24.3 Å². The summed E-state index contributed by atoms with van der Waals surface area (Å²) in [7, 11) is 0. The molecule has 2 heteroatoms. The zero-order valence-corrected chi connectivity index (χ0v) is 9.85. The van der Waals surface area contributed by atoms with Crippen molar-refractivity contribution < 1.29 is 9.84 Å². The number of rotatable bonds is 0. The summed E-state index contributed by atoms with van der Waals surface area (Å²) in [5, 5.41) is 9.88. The topological polar surface area (TPSA) is 29.5 Å². The van der Waals surface area contributed by atoms with Gasteiger partial charge in [0.1, 0.15) is 0 Å². The van der Waals surface area contributed by atoms with Gasteiger partial charge in [-0.25, -0.2) is 0 Å². The summed E-state index contributed by atoms with van der Waals surface area (Å²) in [4.78, 5) is 0. The standard InChI is InChI=1S/C14H22O2/c15-14-13-9-8-12(11-13)7-5-3-1-2-4-6-10-16-14/h3-6,12-15H,1-2,7-11H2/b5-3-,6-4-. The van der Waals surface area contributed by atoms with Crippen molar-refractivity contribution >= 4 is 0 Å². The van der Waals surface area contributed by atoms with E-state index in [0.29, 0.717) is 12.5 Å². The minimum absolute atomic E-state index is 0.354. The van der Waals surface area contributed by atoms with Gasteiger partial charge in [0, 0.05) is 5.92 Å². The Morgan fingerprint density at radius 1 is 1.00 bits per heavy atom. The molecule has 1 heterocycles. The van der Waals surface area contributed by atoms with Crippen LogP contribution < -0.4 is 0 Å². The molecular weight excluding hydrogens is 200 g/mol. The second-order valence-corrected chi connectivity index (χ2v) is 4.92. The Kier molecular flexibility index (Phi) is 4.61. The third-order valence-electron chi connectivity index (χ3n) is 3.65. The van der Waals surface area contributed by atoms with Crippen LogP contribution in [0.3, 0.4) is 0 Å². The molecule has 1 fully saturated rings. The normalized spacial score (nSPS) is 40.4. The summed E-state index contributed by atoms with van der Waals surface area (Å²) in [5.74, 6) is 1.11. The number of aliphatic hydroxyl groups is 1. The predicted octanol–water partition coefficient (Wildman–Crippen LogP) is 3.03. The monoisotopic (exact) mass is 222 g/mol. The molecule has 0 amide bonds. The fourth-order valence-electron chi connectivity index (χ4n) is 2.66. The number of hydrogen-bond donors (Lipinski definition) is 1. The molecule has 2 rings (SSSR count). The smallest absolute Gasteiger partial charge is 0.157 e. The van der Waals surface area contributed by atoms with E-state index in [2.05, 4.69) is 18.2 Å². The molecule has 0 aromatic rings. The minimum atomic E-state index is -0.556. The zero-order chi connectivity index (χ0) is 11.2. The second-order valence-electron chi connectivity index (χ2n) is 4.92. The van der Waals surface area contributed by atoms with E-state index in [1.165, 1.54) is 12.8 Å². The van der Waals surface area contributed by atoms with Gasteiger partial charge in [0.15, 0.2) is 6.29 Å². The average molecular weight is 222 g/mol. The molecule has 16 heavy (non-hydrogen) atoms. The van der Waals surface area contributed by atoms with Crippen LogP contribution in [0.1, 0.15) is 38.5 Å². The van der Waals surface area contributed by atoms with E-state index in [-0.39, 0.29) is 0 Å². The van der Waals surface area contributed by atoms with Gasteiger partial charge in [-0.15, -0.1) is 0 Å². The van der Waals surface area contributed by atoms with Crippen molar-refractivity contribution in [3.63, 3.8) is 0 Å². The van der Waals surface area contributed by atoms with Gasteiger partial charge in [-0.1, -0.05) is 24.3 Å². The molecule has 2 bridgehead atoms. The van der Waals surface area contributed by atoms with Gasteiger partial charge >= 0.3 is 0 Å². The van der Waals surface area contributed by atoms with Gasteiger partial charge < -0.3 is 9.84 Å². The molecule has 1 N–H and O–H groups in total. The average Bonchev–Trinajstić information content (AvgIpc) is 2.75. The molecule has 1 aliphatic heterocycles. The predicted molar refractivity (Wildman–Crippen MR) is 64.9 cm³/mol. The maximum absolute atomic E-state index is 9.88. The third-order valence-corrected chi connectivity index (χ3v) is 3.65. The molecule has 0 saturated heterocycles. The van der Waals surface area contributed by atoms with E-state index in [1.807, 2.05) is 6.08 Å². The second kappa shape index (κ2) is 6.21. The number of hydrogen-bond acceptors (Lipinski definition) is 2. The van der Waals surface area contributed by atoms with E-state index in [9.17, 15) is 5.11 Å². The van der Waals surface area contributed by atoms with Crippen molar-refractivity contribution in [1.29, 1.82) is 0 Å². The van der Waals surface area contributed by atoms with Crippen molar-refractivity contribution in [2.75, 3.05) is 6.61 Å². The number of fused-ring (bicyclic) bond motifs is 2. The van der Waals surface area contributed by atoms with Crippen molar-refractivity contribution in [3.05, 3.63) is 24.3 Å². The lowest BCUT2D eigenvalue weighted by Gasteiger charge is -2.17. The van der Waals surface area contributed by atoms with Gasteiger partial charge in [0.2, 0.25) is 0 Å². The molecular formula is C14H22O2. The fourth-order valence-corrected chi connectivity index (χ4v) is 2.66. The number of aliphatic hydroxyl groups excluding tert-OH is 1. The van der Waals surface area contributed by atoms with Gasteiger partial charge in [-0.05, 0) is 44.4 Å². The Bertz CT molecular complexity index is 257. The summed E-state index contributed by atoms with van der Waals surface area (Å²) in [6, 6.07) is 0. The first kappa shape index (κ1) is 11.9. The van der Waals surface area contributed by atoms with Crippen LogP contribution in [-0.2, 0) is 4.74 Å². The van der Waals surface area contributed by atoms with Crippen LogP contribution in [0, 0.1) is 11.8 Å². The molecule has 1 aliphatic carbocycles. The van der Waals surface area contributed by atoms with Crippen molar-refractivity contribution in [1.82, 2.24) is 0 Å². The van der Waals surface area contributed by atoms with Gasteiger partial charge in [-0.2, -0.15) is 0 Å². The van der Waals surface area contributed by atoms with Crippen molar-refractivity contribution in [3.8, 4) is 0 Å². The SMILES string of the molecule is OC1OC/C=C\CC/C=C\CC2CCC1C2. The van der Waals surface area contributed by atoms with Crippen LogP contribution >= 0.6 is 0 Å². The molecule has 0 spiro atoms. The highest BCUT2D eigenvalue weighted by atomic mass is 16.6. The van der Waals surface area contributed by atoms with Crippen LogP contribution in [0.5, 0.6) is 0 Å². The molecule has 0 aromatic carbocycles. The Balaban J connectivity index is 1.92. The summed E-state index contributed by atoms with van der Waals surface area (Å²) in [5.41, 5.74) is 0. The highest BCUT2D eigenvalue weighted by molar-refractivity contribution is 4.91. The fraction of sp³-hybridized carbons (Fsp3) is 0.714. The van der Waals surface area contributed by atoms with E-state index in [4.69, 9.17) is 4.74 Å². The van der Waals surface area contributed by atoms with Crippen LogP contribution in [-0.4, -0.2) is 18.0 Å². The number of ether oxygens (including phenoxy) is 1. The van der Waals surface area contributed by atoms with E-state index in [1.54, 1.807) is 0 Å². The van der Waals surface area contributed by atoms with Crippen LogP contribution in [0.4, 0.5) is 0 Å². The quantitative estimate of drug-likeness (QED) is 0.638.